The number of esters is 1. The van der Waals surface area contributed by atoms with Gasteiger partial charge in [0, 0.05) is 18.1 Å². The van der Waals surface area contributed by atoms with Gasteiger partial charge in [0.2, 0.25) is 0 Å². The van der Waals surface area contributed by atoms with Crippen LogP contribution in [0.25, 0.3) is 0 Å². The Bertz CT molecular complexity index is 834. The van der Waals surface area contributed by atoms with Crippen LogP contribution in [0.3, 0.4) is 0 Å². The molecular formula is C20H20N2O3S. The average molecular weight is 368 g/mol. The van der Waals surface area contributed by atoms with Crippen LogP contribution in [0.1, 0.15) is 36.3 Å². The lowest BCUT2D eigenvalue weighted by atomic mass is 9.70. The van der Waals surface area contributed by atoms with Crippen LogP contribution >= 0.6 is 11.8 Å². The minimum atomic E-state index is -0.372. The summed E-state index contributed by atoms with van der Waals surface area (Å²) in [6.07, 6.45) is 2.06. The second-order valence-corrected chi connectivity index (χ2v) is 7.45. The van der Waals surface area contributed by atoms with Crippen LogP contribution in [0, 0.1) is 24.2 Å². The Kier molecular flexibility index (Phi) is 5.58. The number of Topliss-reactive ketones (excluding diaryl/α,β-unsaturated/α-hetero) is 1. The summed E-state index contributed by atoms with van der Waals surface area (Å²) in [5.74, 6) is -0.837. The monoisotopic (exact) mass is 368 g/mol. The average Bonchev–Trinajstić information content (AvgIpc) is 2.65. The van der Waals surface area contributed by atoms with Crippen LogP contribution in [0.5, 0.6) is 0 Å². The Morgan fingerprint density at radius 1 is 1.31 bits per heavy atom. The summed E-state index contributed by atoms with van der Waals surface area (Å²) in [5, 5.41) is 10.4. The first kappa shape index (κ1) is 18.4. The summed E-state index contributed by atoms with van der Waals surface area (Å²) >= 11 is 1.21. The second-order valence-electron chi connectivity index (χ2n) is 6.48. The van der Waals surface area contributed by atoms with Gasteiger partial charge in [0.05, 0.1) is 30.4 Å². The number of thioether (sulfide) groups is 1. The first-order valence-corrected chi connectivity index (χ1v) is 9.54. The molecule has 1 aromatic rings. The summed E-state index contributed by atoms with van der Waals surface area (Å²) in [5.41, 5.74) is 3.36. The van der Waals surface area contributed by atoms with Gasteiger partial charge in [-0.1, -0.05) is 41.6 Å². The molecule has 0 saturated heterocycles. The molecule has 0 N–H and O–H groups in total. The third kappa shape index (κ3) is 3.58. The molecule has 1 saturated carbocycles. The SMILES string of the molecule is COC(=O)CSC1=C(C#N)C(c2ccc(C)cc2)C2C(=O)CCCC2=N1. The Balaban J connectivity index is 2.06. The van der Waals surface area contributed by atoms with Gasteiger partial charge < -0.3 is 4.74 Å². The van der Waals surface area contributed by atoms with Crippen molar-refractivity contribution in [3.8, 4) is 6.07 Å². The number of carbonyl (C=O) groups is 2. The zero-order valence-corrected chi connectivity index (χ0v) is 15.6. The summed E-state index contributed by atoms with van der Waals surface area (Å²) < 4.78 is 4.69. The molecule has 2 aliphatic rings. The number of fused-ring (bicyclic) bond motifs is 1. The fraction of sp³-hybridized carbons (Fsp3) is 0.400. The summed E-state index contributed by atoms with van der Waals surface area (Å²) in [6.45, 7) is 2.00. The van der Waals surface area contributed by atoms with Gasteiger partial charge in [-0.05, 0) is 25.3 Å². The molecule has 5 nitrogen and oxygen atoms in total. The molecule has 0 aromatic heterocycles. The maximum atomic E-state index is 12.7. The number of ether oxygens (including phenoxy) is 1. The highest BCUT2D eigenvalue weighted by Gasteiger charge is 2.42. The predicted octanol–water partition coefficient (Wildman–Crippen LogP) is 3.54. The van der Waals surface area contributed by atoms with Gasteiger partial charge in [-0.25, -0.2) is 4.99 Å². The Morgan fingerprint density at radius 2 is 2.04 bits per heavy atom. The lowest BCUT2D eigenvalue weighted by Gasteiger charge is -2.34. The number of rotatable bonds is 4. The molecule has 2 unspecified atom stereocenters. The molecule has 1 heterocycles. The summed E-state index contributed by atoms with van der Waals surface area (Å²) in [7, 11) is 1.33. The molecule has 2 atom stereocenters. The van der Waals surface area contributed by atoms with E-state index in [4.69, 9.17) is 4.74 Å². The fourth-order valence-electron chi connectivity index (χ4n) is 3.48. The predicted molar refractivity (Wildman–Crippen MR) is 101 cm³/mol. The highest BCUT2D eigenvalue weighted by Crippen LogP contribution is 2.44. The molecular weight excluding hydrogens is 348 g/mol. The molecule has 6 heteroatoms. The van der Waals surface area contributed by atoms with Gasteiger partial charge in [0.25, 0.3) is 0 Å². The standard InChI is InChI=1S/C20H20N2O3S/c1-12-6-8-13(9-7-12)18-14(10-21)20(26-11-17(24)25-2)22-15-4-3-5-16(23)19(15)18/h6-9,18-19H,3-5,11H2,1-2H3. The quantitative estimate of drug-likeness (QED) is 0.760. The van der Waals surface area contributed by atoms with Crippen LogP contribution in [-0.4, -0.2) is 30.3 Å². The molecule has 26 heavy (non-hydrogen) atoms. The van der Waals surface area contributed by atoms with Crippen LogP contribution in [0.2, 0.25) is 0 Å². The van der Waals surface area contributed by atoms with Gasteiger partial charge in [0.15, 0.2) is 0 Å². The van der Waals surface area contributed by atoms with Crippen molar-refractivity contribution in [3.05, 3.63) is 46.0 Å². The zero-order chi connectivity index (χ0) is 18.7. The van der Waals surface area contributed by atoms with Gasteiger partial charge >= 0.3 is 5.97 Å². The maximum absolute atomic E-state index is 12.7. The third-order valence-corrected chi connectivity index (χ3v) is 5.76. The number of hydrogen-bond donors (Lipinski definition) is 0. The number of methoxy groups -OCH3 is 1. The van der Waals surface area contributed by atoms with Crippen molar-refractivity contribution >= 4 is 29.2 Å². The van der Waals surface area contributed by atoms with Crippen LogP contribution < -0.4 is 0 Å². The van der Waals surface area contributed by atoms with E-state index in [0.29, 0.717) is 17.0 Å². The van der Waals surface area contributed by atoms with Gasteiger partial charge in [-0.15, -0.1) is 0 Å². The lowest BCUT2D eigenvalue weighted by molar-refractivity contribution is -0.137. The van der Waals surface area contributed by atoms with Gasteiger partial charge in [0.1, 0.15) is 10.8 Å². The van der Waals surface area contributed by atoms with E-state index in [1.54, 1.807) is 0 Å². The summed E-state index contributed by atoms with van der Waals surface area (Å²) in [4.78, 5) is 28.8. The molecule has 0 spiro atoms. The Hall–Kier alpha value is -2.39. The van der Waals surface area contributed by atoms with E-state index >= 15 is 0 Å². The number of allylic oxidation sites excluding steroid dienone is 1. The second kappa shape index (κ2) is 7.88. The highest BCUT2D eigenvalue weighted by atomic mass is 32.2. The minimum Gasteiger partial charge on any atom is -0.468 e. The Morgan fingerprint density at radius 3 is 2.69 bits per heavy atom. The molecule has 0 amide bonds. The van der Waals surface area contributed by atoms with Crippen molar-refractivity contribution in [1.29, 1.82) is 5.26 Å². The minimum absolute atomic E-state index is 0.0903. The first-order valence-electron chi connectivity index (χ1n) is 8.55. The van der Waals surface area contributed by atoms with Crippen molar-refractivity contribution in [2.75, 3.05) is 12.9 Å². The zero-order valence-electron chi connectivity index (χ0n) is 14.8. The van der Waals surface area contributed by atoms with Gasteiger partial charge in [-0.3, -0.25) is 9.59 Å². The van der Waals surface area contributed by atoms with E-state index in [-0.39, 0.29) is 29.3 Å². The molecule has 1 aliphatic carbocycles. The number of nitriles is 1. The maximum Gasteiger partial charge on any atom is 0.316 e. The fourth-order valence-corrected chi connectivity index (χ4v) is 4.36. The number of hydrogen-bond acceptors (Lipinski definition) is 6. The number of aryl methyl sites for hydroxylation is 1. The van der Waals surface area contributed by atoms with E-state index in [9.17, 15) is 14.9 Å². The third-order valence-electron chi connectivity index (χ3n) is 4.79. The van der Waals surface area contributed by atoms with Crippen LogP contribution in [0.15, 0.2) is 39.9 Å². The van der Waals surface area contributed by atoms with E-state index in [1.165, 1.54) is 18.9 Å². The number of nitrogens with zero attached hydrogens (tertiary/aromatic N) is 2. The largest absolute Gasteiger partial charge is 0.468 e. The topological polar surface area (TPSA) is 79.5 Å². The van der Waals surface area contributed by atoms with E-state index in [2.05, 4.69) is 11.1 Å². The summed E-state index contributed by atoms with van der Waals surface area (Å²) in [6, 6.07) is 10.2. The lowest BCUT2D eigenvalue weighted by Crippen LogP contribution is -2.37. The van der Waals surface area contributed by atoms with Gasteiger partial charge in [-0.2, -0.15) is 5.26 Å². The van der Waals surface area contributed by atoms with Crippen LogP contribution in [-0.2, 0) is 14.3 Å². The molecule has 134 valence electrons. The van der Waals surface area contributed by atoms with E-state index in [1.807, 2.05) is 31.2 Å². The first-order chi connectivity index (χ1) is 12.5. The number of benzene rings is 1. The van der Waals surface area contributed by atoms with E-state index in [0.717, 1.165) is 29.7 Å². The van der Waals surface area contributed by atoms with Crippen molar-refractivity contribution < 1.29 is 14.3 Å². The van der Waals surface area contributed by atoms with E-state index < -0.39 is 0 Å². The van der Waals surface area contributed by atoms with Crippen molar-refractivity contribution in [3.63, 3.8) is 0 Å². The highest BCUT2D eigenvalue weighted by molar-refractivity contribution is 8.03. The molecule has 1 aliphatic heterocycles. The number of carbonyl (C=O) groups excluding carboxylic acids is 2. The van der Waals surface area contributed by atoms with Crippen LogP contribution in [0.4, 0.5) is 0 Å². The molecule has 0 radical (unpaired) electrons. The number of aliphatic imine (C=N–C) groups is 1. The molecule has 3 rings (SSSR count). The normalized spacial score (nSPS) is 22.3. The Labute approximate surface area is 157 Å². The van der Waals surface area contributed by atoms with Crippen molar-refractivity contribution in [2.45, 2.75) is 32.1 Å². The number of ketones is 1. The molecule has 1 fully saturated rings. The molecule has 1 aromatic carbocycles. The molecule has 0 bridgehead atoms. The smallest absolute Gasteiger partial charge is 0.316 e. The van der Waals surface area contributed by atoms with Crippen molar-refractivity contribution in [1.82, 2.24) is 0 Å². The van der Waals surface area contributed by atoms with Crippen molar-refractivity contribution in [2.24, 2.45) is 10.9 Å².